The zero-order chi connectivity index (χ0) is 15.7. The van der Waals surface area contributed by atoms with Crippen molar-refractivity contribution in [1.29, 1.82) is 0 Å². The molecular formula is C11H12F8N+. The van der Waals surface area contributed by atoms with Crippen LogP contribution in [0.3, 0.4) is 0 Å². The van der Waals surface area contributed by atoms with E-state index in [-0.39, 0.29) is 12.8 Å². The van der Waals surface area contributed by atoms with Gasteiger partial charge in [-0.3, -0.25) is 0 Å². The molecule has 1 aliphatic carbocycles. The van der Waals surface area contributed by atoms with Crippen molar-refractivity contribution >= 4 is 0 Å². The fraction of sp³-hybridized carbons (Fsp3) is 0.636. The molecule has 116 valence electrons. The fourth-order valence-electron chi connectivity index (χ4n) is 2.07. The summed E-state index contributed by atoms with van der Waals surface area (Å²) in [5, 5.41) is -4.86. The lowest BCUT2D eigenvalue weighted by Gasteiger charge is -2.32. The van der Waals surface area contributed by atoms with E-state index in [4.69, 9.17) is 0 Å². The van der Waals surface area contributed by atoms with Gasteiger partial charge in [0, 0.05) is 6.42 Å². The zero-order valence-electron chi connectivity index (χ0n) is 10.4. The standard InChI is InChI=1S/C11H12F8N/c1-2-3-4-5-11(20(17,18)19)9(15)7(13)6(12)8(14)10(11)16/h9H,2-5H2,1H3/q+1. The van der Waals surface area contributed by atoms with Gasteiger partial charge in [-0.05, 0) is 6.42 Å². The summed E-state index contributed by atoms with van der Waals surface area (Å²) in [6, 6.07) is 0. The molecule has 0 saturated heterocycles. The molecule has 0 aliphatic heterocycles. The molecule has 1 rings (SSSR count). The molecule has 0 aromatic heterocycles. The van der Waals surface area contributed by atoms with Crippen molar-refractivity contribution in [2.45, 2.75) is 44.3 Å². The van der Waals surface area contributed by atoms with Gasteiger partial charge in [0.15, 0.2) is 17.5 Å². The highest BCUT2D eigenvalue weighted by atomic mass is 19.6. The van der Waals surface area contributed by atoms with Crippen molar-refractivity contribution in [2.24, 2.45) is 0 Å². The molecule has 0 bridgehead atoms. The highest BCUT2D eigenvalue weighted by Gasteiger charge is 2.72. The summed E-state index contributed by atoms with van der Waals surface area (Å²) in [5.41, 5.74) is -4.06. The van der Waals surface area contributed by atoms with Crippen molar-refractivity contribution in [2.75, 3.05) is 0 Å². The Kier molecular flexibility index (Phi) is 4.83. The first-order valence-electron chi connectivity index (χ1n) is 5.84. The maximum atomic E-state index is 13.6. The molecule has 0 amide bonds. The summed E-state index contributed by atoms with van der Waals surface area (Å²) in [6.45, 7) is 1.62. The van der Waals surface area contributed by atoms with Gasteiger partial charge in [-0.1, -0.05) is 19.8 Å². The number of nitrogens with zero attached hydrogens (tertiary/aromatic N) is 1. The normalized spacial score (nSPS) is 28.4. The van der Waals surface area contributed by atoms with Crippen LogP contribution >= 0.6 is 0 Å². The molecule has 0 aromatic rings. The van der Waals surface area contributed by atoms with Gasteiger partial charge in [0.25, 0.3) is 5.15 Å². The summed E-state index contributed by atoms with van der Waals surface area (Å²) in [4.78, 5) is 0. The zero-order valence-corrected chi connectivity index (χ0v) is 10.4. The van der Waals surface area contributed by atoms with Gasteiger partial charge >= 0.3 is 5.54 Å². The van der Waals surface area contributed by atoms with Crippen molar-refractivity contribution in [3.63, 3.8) is 0 Å². The molecule has 0 N–H and O–H groups in total. The molecule has 0 heterocycles. The fourth-order valence-corrected chi connectivity index (χ4v) is 2.07. The summed E-state index contributed by atoms with van der Waals surface area (Å²) >= 11 is 0. The van der Waals surface area contributed by atoms with Gasteiger partial charge in [-0.15, -0.1) is 0 Å². The first kappa shape index (κ1) is 16.9. The molecule has 0 aromatic carbocycles. The minimum atomic E-state index is -4.86. The lowest BCUT2D eigenvalue weighted by atomic mass is 9.82. The van der Waals surface area contributed by atoms with E-state index >= 15 is 0 Å². The number of hydrogen-bond acceptors (Lipinski definition) is 0. The number of hydrogen-bond donors (Lipinski definition) is 0. The average molecular weight is 310 g/mol. The second-order valence-corrected chi connectivity index (χ2v) is 4.48. The smallest absolute Gasteiger partial charge is 0.232 e. The van der Waals surface area contributed by atoms with Gasteiger partial charge in [-0.2, -0.15) is 0 Å². The van der Waals surface area contributed by atoms with E-state index in [1.807, 2.05) is 0 Å². The highest BCUT2D eigenvalue weighted by Crippen LogP contribution is 2.52. The van der Waals surface area contributed by atoms with Gasteiger partial charge in [0.2, 0.25) is 12.0 Å². The van der Waals surface area contributed by atoms with Gasteiger partial charge < -0.3 is 0 Å². The van der Waals surface area contributed by atoms with E-state index in [0.29, 0.717) is 6.42 Å². The highest BCUT2D eigenvalue weighted by molar-refractivity contribution is 5.38. The van der Waals surface area contributed by atoms with Gasteiger partial charge in [0.1, 0.15) is 0 Å². The van der Waals surface area contributed by atoms with E-state index in [2.05, 4.69) is 0 Å². The van der Waals surface area contributed by atoms with E-state index in [1.165, 1.54) is 0 Å². The molecule has 0 fully saturated rings. The molecule has 0 saturated carbocycles. The van der Waals surface area contributed by atoms with Crippen molar-refractivity contribution < 1.29 is 40.5 Å². The van der Waals surface area contributed by atoms with Crippen LogP contribution in [-0.2, 0) is 0 Å². The molecule has 9 heteroatoms. The lowest BCUT2D eigenvalue weighted by Crippen LogP contribution is -2.58. The predicted molar refractivity (Wildman–Crippen MR) is 53.8 cm³/mol. The molecule has 0 spiro atoms. The maximum Gasteiger partial charge on any atom is 0.308 e. The molecule has 2 unspecified atom stereocenters. The summed E-state index contributed by atoms with van der Waals surface area (Å²) in [5.74, 6) is -10.4. The minimum absolute atomic E-state index is 0.178. The quantitative estimate of drug-likeness (QED) is 0.361. The molecule has 1 nitrogen and oxygen atoms in total. The molecule has 1 aliphatic rings. The number of rotatable bonds is 5. The summed E-state index contributed by atoms with van der Waals surface area (Å²) in [6.07, 6.45) is -4.58. The summed E-state index contributed by atoms with van der Waals surface area (Å²) in [7, 11) is 0. The van der Waals surface area contributed by atoms with Crippen LogP contribution < -0.4 is 0 Å². The van der Waals surface area contributed by atoms with E-state index < -0.39 is 46.6 Å². The molecule has 2 atom stereocenters. The topological polar surface area (TPSA) is 0 Å². The molecule has 0 radical (unpaired) electrons. The SMILES string of the molecule is CCCCCC1([N+](F)(F)F)C(F)=C(F)C(F)=C(F)C1F. The number of halogens is 8. The van der Waals surface area contributed by atoms with E-state index in [1.54, 1.807) is 6.92 Å². The van der Waals surface area contributed by atoms with Crippen molar-refractivity contribution in [1.82, 2.24) is 0 Å². The Bertz CT molecular complexity index is 438. The number of alkyl halides is 1. The van der Waals surface area contributed by atoms with Crippen LogP contribution in [0.25, 0.3) is 0 Å². The Morgan fingerprint density at radius 3 is 2.00 bits per heavy atom. The third-order valence-electron chi connectivity index (χ3n) is 3.23. The Labute approximate surface area is 109 Å². The Hall–Kier alpha value is -1.12. The van der Waals surface area contributed by atoms with Crippen molar-refractivity contribution in [3.8, 4) is 0 Å². The third-order valence-corrected chi connectivity index (χ3v) is 3.23. The summed E-state index contributed by atoms with van der Waals surface area (Å²) < 4.78 is 105. The van der Waals surface area contributed by atoms with Crippen LogP contribution in [0.2, 0.25) is 0 Å². The van der Waals surface area contributed by atoms with E-state index in [0.717, 1.165) is 0 Å². The average Bonchev–Trinajstić information content (AvgIpc) is 2.37. The van der Waals surface area contributed by atoms with Crippen LogP contribution in [0.15, 0.2) is 23.3 Å². The van der Waals surface area contributed by atoms with Crippen LogP contribution in [-0.4, -0.2) is 16.9 Å². The lowest BCUT2D eigenvalue weighted by molar-refractivity contribution is -1.30. The number of unbranched alkanes of at least 4 members (excludes halogenated alkanes) is 2. The number of quaternary nitrogens is 1. The van der Waals surface area contributed by atoms with Crippen LogP contribution in [0, 0.1) is 0 Å². The van der Waals surface area contributed by atoms with E-state index in [9.17, 15) is 35.4 Å². The predicted octanol–water partition coefficient (Wildman–Crippen LogP) is 5.43. The first-order valence-corrected chi connectivity index (χ1v) is 5.84. The Morgan fingerprint density at radius 1 is 1.00 bits per heavy atom. The van der Waals surface area contributed by atoms with Crippen LogP contribution in [0.1, 0.15) is 32.6 Å². The maximum absolute atomic E-state index is 13.6. The van der Waals surface area contributed by atoms with Crippen LogP contribution in [0.5, 0.6) is 0 Å². The Balaban J connectivity index is 3.37. The largest absolute Gasteiger partial charge is 0.308 e. The second-order valence-electron chi connectivity index (χ2n) is 4.48. The van der Waals surface area contributed by atoms with Crippen LogP contribution in [0.4, 0.5) is 35.4 Å². The molecular weight excluding hydrogens is 298 g/mol. The minimum Gasteiger partial charge on any atom is -0.232 e. The monoisotopic (exact) mass is 310 g/mol. The van der Waals surface area contributed by atoms with Gasteiger partial charge in [-0.25, -0.2) is 22.0 Å². The first-order chi connectivity index (χ1) is 9.11. The molecule has 20 heavy (non-hydrogen) atoms. The Morgan fingerprint density at radius 2 is 1.55 bits per heavy atom. The second kappa shape index (κ2) is 5.71. The van der Waals surface area contributed by atoms with Crippen molar-refractivity contribution in [3.05, 3.63) is 23.3 Å². The van der Waals surface area contributed by atoms with Gasteiger partial charge in [0.05, 0.1) is 13.4 Å². The third kappa shape index (κ3) is 2.43. The number of allylic oxidation sites excluding steroid dienone is 2.